The number of rotatable bonds is 1. The zero-order valence-corrected chi connectivity index (χ0v) is 7.11. The first-order valence-electron chi connectivity index (χ1n) is 4.23. The summed E-state index contributed by atoms with van der Waals surface area (Å²) in [6.07, 6.45) is 0.335. The normalized spacial score (nSPS) is 19.3. The molecule has 2 N–H and O–H groups in total. The van der Waals surface area contributed by atoms with Gasteiger partial charge in [0.2, 0.25) is 0 Å². The molecule has 2 rings (SSSR count). The average Bonchev–Trinajstić information content (AvgIpc) is 2.53. The molecule has 0 bridgehead atoms. The van der Waals surface area contributed by atoms with E-state index in [0.29, 0.717) is 31.9 Å². The first-order valence-corrected chi connectivity index (χ1v) is 4.23. The van der Waals surface area contributed by atoms with Crippen LogP contribution in [0.2, 0.25) is 0 Å². The van der Waals surface area contributed by atoms with E-state index in [1.165, 1.54) is 0 Å². The fourth-order valence-corrected chi connectivity index (χ4v) is 1.39. The molecule has 2 heterocycles. The summed E-state index contributed by atoms with van der Waals surface area (Å²) < 4.78 is 17.8. The Labute approximate surface area is 74.7 Å². The summed E-state index contributed by atoms with van der Waals surface area (Å²) in [6.45, 7) is 1.23. The Kier molecular flexibility index (Phi) is 2.03. The quantitative estimate of drug-likeness (QED) is 0.695. The van der Waals surface area contributed by atoms with E-state index in [2.05, 4.69) is 10.2 Å². The van der Waals surface area contributed by atoms with Gasteiger partial charge in [-0.3, -0.25) is 0 Å². The van der Waals surface area contributed by atoms with Crippen molar-refractivity contribution in [2.75, 3.05) is 23.7 Å². The van der Waals surface area contributed by atoms with Gasteiger partial charge in [-0.2, -0.15) is 0 Å². The number of nitrogen functional groups attached to an aromatic ring is 1. The number of nitrogens with two attached hydrogens (primary N) is 1. The lowest BCUT2D eigenvalue weighted by Crippen LogP contribution is -2.34. The van der Waals surface area contributed by atoms with Gasteiger partial charge in [0.15, 0.2) is 0 Å². The highest BCUT2D eigenvalue weighted by atomic mass is 19.1. The van der Waals surface area contributed by atoms with Crippen molar-refractivity contribution in [1.29, 1.82) is 0 Å². The summed E-state index contributed by atoms with van der Waals surface area (Å²) in [5, 5.41) is 7.26. The summed E-state index contributed by atoms with van der Waals surface area (Å²) in [7, 11) is 0. The molecule has 0 amide bonds. The molecule has 0 atom stereocenters. The van der Waals surface area contributed by atoms with Crippen LogP contribution in [-0.2, 0) is 0 Å². The van der Waals surface area contributed by atoms with Crippen molar-refractivity contribution < 1.29 is 8.81 Å². The molecule has 1 aromatic rings. The predicted molar refractivity (Wildman–Crippen MR) is 45.1 cm³/mol. The number of aromatic nitrogens is 2. The fraction of sp³-hybridized carbons (Fsp3) is 0.714. The Bertz CT molecular complexity index is 282. The van der Waals surface area contributed by atoms with E-state index in [9.17, 15) is 4.39 Å². The maximum Gasteiger partial charge on any atom is 0.319 e. The second kappa shape index (κ2) is 3.20. The molecule has 1 aliphatic rings. The molecule has 0 aliphatic carbocycles. The molecular weight excluding hydrogens is 175 g/mol. The van der Waals surface area contributed by atoms with E-state index >= 15 is 0 Å². The predicted octanol–water partition coefficient (Wildman–Crippen LogP) is 0.590. The van der Waals surface area contributed by atoms with E-state index in [1.807, 2.05) is 4.90 Å². The third-order valence-corrected chi connectivity index (χ3v) is 2.12. The molecular formula is C7H11FN4O. The number of piperidine rings is 1. The van der Waals surface area contributed by atoms with Gasteiger partial charge in [-0.25, -0.2) is 4.39 Å². The highest BCUT2D eigenvalue weighted by Gasteiger charge is 2.21. The Morgan fingerprint density at radius 1 is 1.38 bits per heavy atom. The Hall–Kier alpha value is -1.33. The first kappa shape index (κ1) is 8.28. The fourth-order valence-electron chi connectivity index (χ4n) is 1.39. The SMILES string of the molecule is Nc1nnc(N2CCC(F)CC2)o1. The standard InChI is InChI=1S/C7H11FN4O/c8-5-1-3-12(4-2-5)7-11-10-6(9)13-7/h5H,1-4H2,(H2,9,10). The molecule has 1 fully saturated rings. The molecule has 72 valence electrons. The Morgan fingerprint density at radius 2 is 2.08 bits per heavy atom. The van der Waals surface area contributed by atoms with Gasteiger partial charge in [0.1, 0.15) is 6.17 Å². The number of halogens is 1. The van der Waals surface area contributed by atoms with E-state index in [-0.39, 0.29) is 6.01 Å². The van der Waals surface area contributed by atoms with Crippen molar-refractivity contribution in [2.24, 2.45) is 0 Å². The lowest BCUT2D eigenvalue weighted by Gasteiger charge is -2.26. The molecule has 6 heteroatoms. The lowest BCUT2D eigenvalue weighted by molar-refractivity contribution is 0.273. The summed E-state index contributed by atoms with van der Waals surface area (Å²) in [4.78, 5) is 1.85. The zero-order valence-electron chi connectivity index (χ0n) is 7.11. The molecule has 0 aromatic carbocycles. The van der Waals surface area contributed by atoms with Gasteiger partial charge in [0, 0.05) is 13.1 Å². The second-order valence-corrected chi connectivity index (χ2v) is 3.08. The van der Waals surface area contributed by atoms with Crippen LogP contribution in [0, 0.1) is 0 Å². The maximum absolute atomic E-state index is 12.8. The highest BCUT2D eigenvalue weighted by molar-refractivity contribution is 5.28. The number of hydrogen-bond donors (Lipinski definition) is 1. The topological polar surface area (TPSA) is 68.2 Å². The molecule has 0 spiro atoms. The van der Waals surface area contributed by atoms with Gasteiger partial charge in [0.05, 0.1) is 0 Å². The second-order valence-electron chi connectivity index (χ2n) is 3.08. The van der Waals surface area contributed by atoms with Crippen LogP contribution in [0.15, 0.2) is 4.42 Å². The zero-order chi connectivity index (χ0) is 9.26. The number of nitrogens with zero attached hydrogens (tertiary/aromatic N) is 3. The average molecular weight is 186 g/mol. The molecule has 5 nitrogen and oxygen atoms in total. The third-order valence-electron chi connectivity index (χ3n) is 2.12. The van der Waals surface area contributed by atoms with Crippen LogP contribution in [0.4, 0.5) is 16.4 Å². The van der Waals surface area contributed by atoms with Crippen LogP contribution in [0.1, 0.15) is 12.8 Å². The monoisotopic (exact) mass is 186 g/mol. The van der Waals surface area contributed by atoms with Gasteiger partial charge in [-0.15, -0.1) is 0 Å². The number of alkyl halides is 1. The van der Waals surface area contributed by atoms with Crippen LogP contribution < -0.4 is 10.6 Å². The molecule has 0 unspecified atom stereocenters. The van der Waals surface area contributed by atoms with Crippen molar-refractivity contribution in [1.82, 2.24) is 10.2 Å². The van der Waals surface area contributed by atoms with E-state index in [4.69, 9.17) is 10.2 Å². The van der Waals surface area contributed by atoms with Crippen molar-refractivity contribution in [2.45, 2.75) is 19.0 Å². The molecule has 1 aliphatic heterocycles. The minimum absolute atomic E-state index is 0.0531. The number of hydrogen-bond acceptors (Lipinski definition) is 5. The van der Waals surface area contributed by atoms with Crippen LogP contribution in [-0.4, -0.2) is 29.5 Å². The minimum Gasteiger partial charge on any atom is -0.390 e. The van der Waals surface area contributed by atoms with Gasteiger partial charge >= 0.3 is 12.0 Å². The summed E-state index contributed by atoms with van der Waals surface area (Å²) in [5.41, 5.74) is 5.27. The third kappa shape index (κ3) is 1.71. The minimum atomic E-state index is -0.698. The highest BCUT2D eigenvalue weighted by Crippen LogP contribution is 2.20. The molecule has 13 heavy (non-hydrogen) atoms. The van der Waals surface area contributed by atoms with Crippen LogP contribution in [0.3, 0.4) is 0 Å². The van der Waals surface area contributed by atoms with Crippen molar-refractivity contribution in [3.05, 3.63) is 0 Å². The molecule has 1 saturated heterocycles. The van der Waals surface area contributed by atoms with Crippen molar-refractivity contribution >= 4 is 12.0 Å². The van der Waals surface area contributed by atoms with Gasteiger partial charge in [-0.1, -0.05) is 10.2 Å². The van der Waals surface area contributed by atoms with Crippen molar-refractivity contribution in [3.63, 3.8) is 0 Å². The van der Waals surface area contributed by atoms with Crippen LogP contribution in [0.5, 0.6) is 0 Å². The van der Waals surface area contributed by atoms with Gasteiger partial charge in [-0.05, 0) is 12.8 Å². The first-order chi connectivity index (χ1) is 6.25. The van der Waals surface area contributed by atoms with E-state index in [1.54, 1.807) is 0 Å². The van der Waals surface area contributed by atoms with E-state index < -0.39 is 6.17 Å². The van der Waals surface area contributed by atoms with Crippen LogP contribution in [0.25, 0.3) is 0 Å². The largest absolute Gasteiger partial charge is 0.390 e. The summed E-state index contributed by atoms with van der Waals surface area (Å²) >= 11 is 0. The van der Waals surface area contributed by atoms with Gasteiger partial charge in [0.25, 0.3) is 0 Å². The van der Waals surface area contributed by atoms with Gasteiger partial charge < -0.3 is 15.1 Å². The smallest absolute Gasteiger partial charge is 0.319 e. The van der Waals surface area contributed by atoms with Crippen molar-refractivity contribution in [3.8, 4) is 0 Å². The maximum atomic E-state index is 12.8. The summed E-state index contributed by atoms with van der Waals surface area (Å²) in [6, 6.07) is 0.446. The number of anilines is 2. The Balaban J connectivity index is 2.02. The molecule has 0 saturated carbocycles. The molecule has 0 radical (unpaired) electrons. The molecule has 1 aromatic heterocycles. The van der Waals surface area contributed by atoms with Crippen LogP contribution >= 0.6 is 0 Å². The summed E-state index contributed by atoms with van der Waals surface area (Å²) in [5.74, 6) is 0. The lowest BCUT2D eigenvalue weighted by atomic mass is 10.1. The Morgan fingerprint density at radius 3 is 2.62 bits per heavy atom. The van der Waals surface area contributed by atoms with E-state index in [0.717, 1.165) is 0 Å².